The van der Waals surface area contributed by atoms with Gasteiger partial charge in [-0.1, -0.05) is 27.7 Å². The van der Waals surface area contributed by atoms with Gasteiger partial charge in [0.2, 0.25) is 0 Å². The molecule has 6 nitrogen and oxygen atoms in total. The number of amides is 2. The minimum atomic E-state index is -0.822. The summed E-state index contributed by atoms with van der Waals surface area (Å²) in [6, 6.07) is -0.180. The second kappa shape index (κ2) is 7.51. The van der Waals surface area contributed by atoms with Crippen molar-refractivity contribution in [3.8, 4) is 0 Å². The van der Waals surface area contributed by atoms with Crippen LogP contribution in [0.5, 0.6) is 0 Å². The number of nitrogens with one attached hydrogen (secondary N) is 1. The molecule has 0 aliphatic carbocycles. The lowest BCUT2D eigenvalue weighted by Crippen LogP contribution is -2.49. The summed E-state index contributed by atoms with van der Waals surface area (Å²) in [5.74, 6) is -1.08. The monoisotopic (exact) mass is 353 g/mol. The summed E-state index contributed by atoms with van der Waals surface area (Å²) < 4.78 is 0. The average molecular weight is 353 g/mol. The molecule has 2 unspecified atom stereocenters. The van der Waals surface area contributed by atoms with Gasteiger partial charge in [-0.15, -0.1) is 11.3 Å². The maximum Gasteiger partial charge on any atom is 0.317 e. The van der Waals surface area contributed by atoms with Crippen LogP contribution in [0, 0.1) is 11.8 Å². The largest absolute Gasteiger partial charge is 0.481 e. The van der Waals surface area contributed by atoms with Crippen molar-refractivity contribution in [2.45, 2.75) is 46.0 Å². The molecule has 1 aliphatic rings. The van der Waals surface area contributed by atoms with Crippen LogP contribution in [0.15, 0.2) is 5.38 Å². The van der Waals surface area contributed by atoms with E-state index in [2.05, 4.69) is 36.5 Å². The fraction of sp³-hybridized carbons (Fsp3) is 0.706. The van der Waals surface area contributed by atoms with Gasteiger partial charge >= 0.3 is 12.0 Å². The highest BCUT2D eigenvalue weighted by Gasteiger charge is 2.31. The van der Waals surface area contributed by atoms with Crippen molar-refractivity contribution in [1.29, 1.82) is 0 Å². The number of aromatic nitrogens is 1. The van der Waals surface area contributed by atoms with E-state index < -0.39 is 11.9 Å². The number of likely N-dealkylation sites (tertiary alicyclic amines) is 1. The smallest absolute Gasteiger partial charge is 0.317 e. The van der Waals surface area contributed by atoms with Crippen molar-refractivity contribution < 1.29 is 14.7 Å². The van der Waals surface area contributed by atoms with Gasteiger partial charge < -0.3 is 15.3 Å². The molecule has 1 aromatic heterocycles. The summed E-state index contributed by atoms with van der Waals surface area (Å²) in [5.41, 5.74) is 1.11. The van der Waals surface area contributed by atoms with E-state index in [0.29, 0.717) is 25.9 Å². The first-order valence-electron chi connectivity index (χ1n) is 8.37. The molecule has 1 aromatic rings. The molecule has 134 valence electrons. The normalized spacial score (nSPS) is 21.6. The summed E-state index contributed by atoms with van der Waals surface area (Å²) in [6.07, 6.45) is 1.33. The molecular formula is C17H27N3O3S. The number of piperidine rings is 1. The quantitative estimate of drug-likeness (QED) is 0.872. The zero-order valence-corrected chi connectivity index (χ0v) is 15.7. The Kier molecular flexibility index (Phi) is 5.85. The number of thiazole rings is 1. The molecule has 2 amide bonds. The highest BCUT2D eigenvalue weighted by molar-refractivity contribution is 7.09. The number of carbonyl (C=O) groups excluding carboxylic acids is 1. The molecule has 1 fully saturated rings. The van der Waals surface area contributed by atoms with Crippen LogP contribution in [-0.4, -0.2) is 46.6 Å². The van der Waals surface area contributed by atoms with E-state index in [4.69, 9.17) is 0 Å². The number of aliphatic carboxylic acids is 1. The van der Waals surface area contributed by atoms with Crippen LogP contribution in [0.3, 0.4) is 0 Å². The zero-order valence-electron chi connectivity index (χ0n) is 14.8. The van der Waals surface area contributed by atoms with Gasteiger partial charge in [-0.3, -0.25) is 4.79 Å². The van der Waals surface area contributed by atoms with Gasteiger partial charge in [0.25, 0.3) is 0 Å². The van der Waals surface area contributed by atoms with Crippen molar-refractivity contribution >= 4 is 23.3 Å². The lowest BCUT2D eigenvalue weighted by Gasteiger charge is -2.34. The Bertz CT molecular complexity index is 594. The molecule has 0 saturated carbocycles. The van der Waals surface area contributed by atoms with Gasteiger partial charge in [0.1, 0.15) is 0 Å². The third-order valence-corrected chi connectivity index (χ3v) is 5.14. The average Bonchev–Trinajstić information content (AvgIpc) is 2.95. The molecule has 0 bridgehead atoms. The predicted molar refractivity (Wildman–Crippen MR) is 94.4 cm³/mol. The highest BCUT2D eigenvalue weighted by atomic mass is 32.1. The fourth-order valence-electron chi connectivity index (χ4n) is 2.85. The Balaban J connectivity index is 1.82. The summed E-state index contributed by atoms with van der Waals surface area (Å²) in [5, 5.41) is 15.2. The molecule has 2 atom stereocenters. The molecule has 2 rings (SSSR count). The second-order valence-corrected chi connectivity index (χ2v) is 8.58. The SMILES string of the molecule is CC1CC(C(=O)O)CN(C(=O)NCCc2nc(C(C)(C)C)cs2)C1. The van der Waals surface area contributed by atoms with Crippen LogP contribution < -0.4 is 5.32 Å². The third kappa shape index (κ3) is 4.93. The van der Waals surface area contributed by atoms with E-state index in [9.17, 15) is 14.7 Å². The third-order valence-electron chi connectivity index (χ3n) is 4.23. The van der Waals surface area contributed by atoms with Crippen molar-refractivity contribution in [3.63, 3.8) is 0 Å². The number of hydrogen-bond donors (Lipinski definition) is 2. The van der Waals surface area contributed by atoms with Gasteiger partial charge in [0.05, 0.1) is 16.6 Å². The van der Waals surface area contributed by atoms with E-state index in [-0.39, 0.29) is 23.9 Å². The topological polar surface area (TPSA) is 82.5 Å². The number of carboxylic acids is 1. The van der Waals surface area contributed by atoms with Crippen LogP contribution in [0.1, 0.15) is 44.8 Å². The van der Waals surface area contributed by atoms with Crippen LogP contribution in [0.2, 0.25) is 0 Å². The molecule has 0 aromatic carbocycles. The molecule has 1 aliphatic heterocycles. The maximum absolute atomic E-state index is 12.3. The first-order chi connectivity index (χ1) is 11.2. The highest BCUT2D eigenvalue weighted by Crippen LogP contribution is 2.24. The standard InChI is InChI=1S/C17H27N3O3S/c1-11-7-12(15(21)22)9-20(8-11)16(23)18-6-5-14-19-13(10-24-14)17(2,3)4/h10-12H,5-9H2,1-4H3,(H,18,23)(H,21,22). The van der Waals surface area contributed by atoms with Gasteiger partial charge in [-0.25, -0.2) is 9.78 Å². The molecular weight excluding hydrogens is 326 g/mol. The Morgan fingerprint density at radius 1 is 1.42 bits per heavy atom. The lowest BCUT2D eigenvalue weighted by atomic mass is 9.91. The number of carbonyl (C=O) groups is 2. The van der Waals surface area contributed by atoms with Crippen molar-refractivity contribution in [2.75, 3.05) is 19.6 Å². The lowest BCUT2D eigenvalue weighted by molar-refractivity contribution is -0.143. The van der Waals surface area contributed by atoms with Crippen LogP contribution in [0.4, 0.5) is 4.79 Å². The van der Waals surface area contributed by atoms with Crippen LogP contribution >= 0.6 is 11.3 Å². The molecule has 0 spiro atoms. The van der Waals surface area contributed by atoms with E-state index in [0.717, 1.165) is 10.7 Å². The van der Waals surface area contributed by atoms with E-state index >= 15 is 0 Å². The van der Waals surface area contributed by atoms with Crippen molar-refractivity contribution in [3.05, 3.63) is 16.1 Å². The second-order valence-electron chi connectivity index (χ2n) is 7.64. The first-order valence-corrected chi connectivity index (χ1v) is 9.25. The molecule has 2 N–H and O–H groups in total. The minimum absolute atomic E-state index is 0.0355. The zero-order chi connectivity index (χ0) is 17.9. The van der Waals surface area contributed by atoms with Crippen LogP contribution in [0.25, 0.3) is 0 Å². The van der Waals surface area contributed by atoms with Gasteiger partial charge in [0, 0.05) is 36.9 Å². The molecule has 1 saturated heterocycles. The summed E-state index contributed by atoms with van der Waals surface area (Å²) in [4.78, 5) is 29.7. The molecule has 2 heterocycles. The summed E-state index contributed by atoms with van der Waals surface area (Å²) in [7, 11) is 0. The van der Waals surface area contributed by atoms with E-state index in [1.807, 2.05) is 6.92 Å². The summed E-state index contributed by atoms with van der Waals surface area (Å²) in [6.45, 7) is 9.79. The number of hydrogen-bond acceptors (Lipinski definition) is 4. The number of rotatable bonds is 4. The van der Waals surface area contributed by atoms with E-state index in [1.165, 1.54) is 0 Å². The number of urea groups is 1. The number of carboxylic acid groups (broad SMARTS) is 1. The van der Waals surface area contributed by atoms with Gasteiger partial charge in [-0.05, 0) is 12.3 Å². The Morgan fingerprint density at radius 2 is 2.12 bits per heavy atom. The van der Waals surface area contributed by atoms with Gasteiger partial charge in [0.15, 0.2) is 0 Å². The number of nitrogens with zero attached hydrogens (tertiary/aromatic N) is 2. The fourth-order valence-corrected chi connectivity index (χ4v) is 3.88. The summed E-state index contributed by atoms with van der Waals surface area (Å²) >= 11 is 1.61. The Labute approximate surface area is 147 Å². The van der Waals surface area contributed by atoms with Crippen LogP contribution in [-0.2, 0) is 16.6 Å². The molecule has 0 radical (unpaired) electrons. The van der Waals surface area contributed by atoms with Crippen molar-refractivity contribution in [1.82, 2.24) is 15.2 Å². The Hall–Kier alpha value is -1.63. The molecule has 7 heteroatoms. The maximum atomic E-state index is 12.3. The molecule has 24 heavy (non-hydrogen) atoms. The first kappa shape index (κ1) is 18.7. The Morgan fingerprint density at radius 3 is 2.71 bits per heavy atom. The minimum Gasteiger partial charge on any atom is -0.481 e. The van der Waals surface area contributed by atoms with Gasteiger partial charge in [-0.2, -0.15) is 0 Å². The van der Waals surface area contributed by atoms with Crippen molar-refractivity contribution in [2.24, 2.45) is 11.8 Å². The predicted octanol–water partition coefficient (Wildman–Crippen LogP) is 2.74. The van der Waals surface area contributed by atoms with E-state index in [1.54, 1.807) is 16.2 Å².